The van der Waals surface area contributed by atoms with Gasteiger partial charge in [0.25, 0.3) is 0 Å². The van der Waals surface area contributed by atoms with E-state index in [4.69, 9.17) is 9.79 Å². The second-order valence-electron chi connectivity index (χ2n) is 2.01. The van der Waals surface area contributed by atoms with Crippen molar-refractivity contribution in [2.24, 2.45) is 0 Å². The van der Waals surface area contributed by atoms with Crippen molar-refractivity contribution in [1.82, 2.24) is 0 Å². The predicted molar refractivity (Wildman–Crippen MR) is 58.0 cm³/mol. The molecule has 0 radical (unpaired) electrons. The quantitative estimate of drug-likeness (QED) is 0.439. The van der Waals surface area contributed by atoms with Crippen LogP contribution in [0.3, 0.4) is 0 Å². The molecule has 88 valence electrons. The predicted octanol–water partition coefficient (Wildman–Crippen LogP) is 2.15. The molecule has 0 aromatic heterocycles. The van der Waals surface area contributed by atoms with E-state index in [0.717, 1.165) is 0 Å². The molecule has 14 heavy (non-hydrogen) atoms. The smallest absolute Gasteiger partial charge is 0.362 e. The molecule has 0 atom stereocenters. The molecular weight excluding hydrogens is 207 g/mol. The molecule has 0 aromatic rings. The number of ether oxygens (including phenoxy) is 1. The second kappa shape index (κ2) is 8.94. The van der Waals surface area contributed by atoms with Gasteiger partial charge in [0.15, 0.2) is 6.35 Å². The van der Waals surface area contributed by atoms with Crippen molar-refractivity contribution >= 4 is 13.6 Å². The van der Waals surface area contributed by atoms with E-state index in [1.807, 2.05) is 0 Å². The number of esters is 1. The van der Waals surface area contributed by atoms with Gasteiger partial charge in [0.2, 0.25) is 0 Å². The van der Waals surface area contributed by atoms with E-state index < -0.39 is 19.9 Å². The summed E-state index contributed by atoms with van der Waals surface area (Å²) in [6.45, 7) is 4.62. The molecule has 0 spiro atoms. The summed E-state index contributed by atoms with van der Waals surface area (Å²) in [7, 11) is -4.24. The zero-order chi connectivity index (χ0) is 9.07. The Labute approximate surface area is 85.9 Å². The van der Waals surface area contributed by atoms with Gasteiger partial charge in [-0.15, -0.1) is 0 Å². The Morgan fingerprint density at radius 2 is 1.71 bits per heavy atom. The minimum atomic E-state index is -4.24. The molecule has 0 fully saturated rings. The topological polar surface area (TPSA) is 83.8 Å². The lowest BCUT2D eigenvalue weighted by atomic mass is 10.4. The molecule has 0 aliphatic carbocycles. The van der Waals surface area contributed by atoms with Crippen molar-refractivity contribution in [2.75, 3.05) is 6.35 Å². The minimum Gasteiger partial charge on any atom is -0.449 e. The van der Waals surface area contributed by atoms with Crippen LogP contribution in [0, 0.1) is 0 Å². The lowest BCUT2D eigenvalue weighted by molar-refractivity contribution is -0.137. The van der Waals surface area contributed by atoms with Crippen LogP contribution in [0.25, 0.3) is 0 Å². The number of hydrogen-bond donors (Lipinski definition) is 2. The number of rotatable bonds is 3. The molecule has 5 nitrogen and oxygen atoms in total. The standard InChI is InChI=1S/C5H9O5P.3CH4/c1-4(2)5(6)10-3-11(7,8)9;;;/h1,3H2,2H3,(H2,7,8,9);3*1H4. The molecule has 0 unspecified atom stereocenters. The van der Waals surface area contributed by atoms with Crippen LogP contribution in [0.4, 0.5) is 0 Å². The van der Waals surface area contributed by atoms with Crippen molar-refractivity contribution in [1.29, 1.82) is 0 Å². The maximum absolute atomic E-state index is 10.5. The van der Waals surface area contributed by atoms with Gasteiger partial charge in [-0.25, -0.2) is 4.79 Å². The molecule has 0 saturated carbocycles. The van der Waals surface area contributed by atoms with Crippen molar-refractivity contribution in [3.8, 4) is 0 Å². The van der Waals surface area contributed by atoms with Crippen LogP contribution in [0.2, 0.25) is 0 Å². The Balaban J connectivity index is -0.000000167. The maximum Gasteiger partial charge on any atom is 0.362 e. The average molecular weight is 228 g/mol. The highest BCUT2D eigenvalue weighted by molar-refractivity contribution is 7.51. The molecule has 0 bridgehead atoms. The van der Waals surface area contributed by atoms with Crippen molar-refractivity contribution in [3.63, 3.8) is 0 Å². The van der Waals surface area contributed by atoms with Gasteiger partial charge in [0, 0.05) is 5.57 Å². The van der Waals surface area contributed by atoms with Crippen LogP contribution >= 0.6 is 7.60 Å². The van der Waals surface area contributed by atoms with Crippen LogP contribution in [-0.2, 0) is 14.1 Å². The zero-order valence-electron chi connectivity index (χ0n) is 5.98. The average Bonchev–Trinajstić information content (AvgIpc) is 1.80. The molecule has 6 heteroatoms. The summed E-state index contributed by atoms with van der Waals surface area (Å²) in [5.41, 5.74) is 0.110. The molecule has 0 amide bonds. The fourth-order valence-electron chi connectivity index (χ4n) is 0.266. The second-order valence-corrected chi connectivity index (χ2v) is 3.59. The maximum atomic E-state index is 10.5. The summed E-state index contributed by atoms with van der Waals surface area (Å²) in [4.78, 5) is 27.0. The van der Waals surface area contributed by atoms with Gasteiger partial charge < -0.3 is 14.5 Å². The van der Waals surface area contributed by atoms with E-state index in [1.165, 1.54) is 6.92 Å². The summed E-state index contributed by atoms with van der Waals surface area (Å²) >= 11 is 0. The summed E-state index contributed by atoms with van der Waals surface area (Å²) in [5, 5.41) is 0. The Hall–Kier alpha value is -0.640. The highest BCUT2D eigenvalue weighted by Crippen LogP contribution is 2.33. The third-order valence-electron chi connectivity index (χ3n) is 0.712. The fraction of sp³-hybridized carbons (Fsp3) is 0.625. The molecule has 0 rings (SSSR count). The zero-order valence-corrected chi connectivity index (χ0v) is 6.88. The monoisotopic (exact) mass is 228 g/mol. The molecular formula is C8H21O5P. The first-order valence-corrected chi connectivity index (χ1v) is 4.50. The third kappa shape index (κ3) is 13.9. The highest BCUT2D eigenvalue weighted by atomic mass is 31.2. The lowest BCUT2D eigenvalue weighted by Crippen LogP contribution is -2.06. The van der Waals surface area contributed by atoms with Gasteiger partial charge in [0.05, 0.1) is 0 Å². The first kappa shape index (κ1) is 23.3. The van der Waals surface area contributed by atoms with E-state index in [2.05, 4.69) is 11.3 Å². The van der Waals surface area contributed by atoms with Crippen molar-refractivity contribution < 1.29 is 23.9 Å². The molecule has 0 heterocycles. The van der Waals surface area contributed by atoms with Gasteiger partial charge in [0.1, 0.15) is 0 Å². The van der Waals surface area contributed by atoms with Gasteiger partial charge in [-0.05, 0) is 6.92 Å². The number of hydrogen-bond acceptors (Lipinski definition) is 3. The van der Waals surface area contributed by atoms with E-state index >= 15 is 0 Å². The van der Waals surface area contributed by atoms with Crippen LogP contribution in [0.15, 0.2) is 12.2 Å². The largest absolute Gasteiger partial charge is 0.449 e. The summed E-state index contributed by atoms with van der Waals surface area (Å²) in [5.74, 6) is -0.798. The molecule has 0 aromatic carbocycles. The van der Waals surface area contributed by atoms with Gasteiger partial charge >= 0.3 is 13.6 Å². The number of carbonyl (C=O) groups excluding carboxylic acids is 1. The molecule has 0 aliphatic heterocycles. The molecule has 0 aliphatic rings. The van der Waals surface area contributed by atoms with Crippen molar-refractivity contribution in [2.45, 2.75) is 29.2 Å². The molecule has 0 saturated heterocycles. The Bertz CT molecular complexity index is 218. The lowest BCUT2D eigenvalue weighted by Gasteiger charge is -2.04. The normalized spacial score (nSPS) is 8.50. The van der Waals surface area contributed by atoms with Gasteiger partial charge in [-0.3, -0.25) is 4.57 Å². The number of carbonyl (C=O) groups is 1. The van der Waals surface area contributed by atoms with Crippen LogP contribution < -0.4 is 0 Å². The molecule has 2 N–H and O–H groups in total. The summed E-state index contributed by atoms with van der Waals surface area (Å²) in [6, 6.07) is 0. The minimum absolute atomic E-state index is 0. The van der Waals surface area contributed by atoms with E-state index in [0.29, 0.717) is 0 Å². The Kier molecular flexibility index (Phi) is 14.9. The van der Waals surface area contributed by atoms with Gasteiger partial charge in [-0.1, -0.05) is 28.9 Å². The van der Waals surface area contributed by atoms with E-state index in [-0.39, 0.29) is 27.9 Å². The first-order valence-electron chi connectivity index (χ1n) is 2.70. The SMILES string of the molecule is C.C.C.C=C(C)C(=O)OCP(=O)(O)O. The van der Waals surface area contributed by atoms with E-state index in [1.54, 1.807) is 0 Å². The Morgan fingerprint density at radius 3 is 1.93 bits per heavy atom. The summed E-state index contributed by atoms with van der Waals surface area (Å²) in [6.07, 6.45) is -0.890. The van der Waals surface area contributed by atoms with Gasteiger partial charge in [-0.2, -0.15) is 0 Å². The van der Waals surface area contributed by atoms with Crippen molar-refractivity contribution in [3.05, 3.63) is 12.2 Å². The Morgan fingerprint density at radius 1 is 1.36 bits per heavy atom. The van der Waals surface area contributed by atoms with E-state index in [9.17, 15) is 9.36 Å². The third-order valence-corrected chi connectivity index (χ3v) is 1.18. The van der Waals surface area contributed by atoms with Crippen LogP contribution in [-0.4, -0.2) is 22.1 Å². The summed E-state index contributed by atoms with van der Waals surface area (Å²) < 4.78 is 14.3. The van der Waals surface area contributed by atoms with Crippen LogP contribution in [0.5, 0.6) is 0 Å². The highest BCUT2D eigenvalue weighted by Gasteiger charge is 2.16. The first-order chi connectivity index (χ1) is 4.83. The fourth-order valence-corrected chi connectivity index (χ4v) is 0.551. The van der Waals surface area contributed by atoms with Crippen LogP contribution in [0.1, 0.15) is 29.2 Å².